The van der Waals surface area contributed by atoms with Gasteiger partial charge in [-0.2, -0.15) is 0 Å². The molecular weight excluding hydrogens is 971 g/mol. The van der Waals surface area contributed by atoms with E-state index in [1.807, 2.05) is 97.8 Å². The van der Waals surface area contributed by atoms with Crippen molar-refractivity contribution in [1.29, 1.82) is 0 Å². The Kier molecular flexibility index (Phi) is 25.2. The van der Waals surface area contributed by atoms with Crippen LogP contribution in [0.4, 0.5) is 10.5 Å². The number of carbonyl (C=O) groups excluding carboxylic acids is 8. The Morgan fingerprint density at radius 2 is 1.43 bits per heavy atom. The number of hydrogen-bond acceptors (Lipinski definition) is 11. The van der Waals surface area contributed by atoms with Crippen LogP contribution in [-0.4, -0.2) is 126 Å². The largest absolute Gasteiger partial charge is 0.481 e. The zero-order valence-electron chi connectivity index (χ0n) is 47.1. The van der Waals surface area contributed by atoms with E-state index in [1.54, 1.807) is 56.0 Å². The van der Waals surface area contributed by atoms with E-state index in [2.05, 4.69) is 21.3 Å². The van der Waals surface area contributed by atoms with Crippen molar-refractivity contribution in [2.24, 2.45) is 40.7 Å². The van der Waals surface area contributed by atoms with Gasteiger partial charge in [0.25, 0.3) is 0 Å². The quantitative estimate of drug-likeness (QED) is 0.0357. The van der Waals surface area contributed by atoms with Crippen LogP contribution in [0, 0.1) is 35.0 Å². The Hall–Kier alpha value is -6.27. The predicted molar refractivity (Wildman–Crippen MR) is 293 cm³/mol. The summed E-state index contributed by atoms with van der Waals surface area (Å²) >= 11 is 0. The highest BCUT2D eigenvalue weighted by Gasteiger charge is 2.42. The van der Waals surface area contributed by atoms with Crippen molar-refractivity contribution in [1.82, 2.24) is 25.8 Å². The summed E-state index contributed by atoms with van der Waals surface area (Å²) in [5.41, 5.74) is 6.75. The number of nitrogens with one attached hydrogen (secondary N) is 4. The average molecular weight is 1060 g/mol. The molecule has 18 nitrogen and oxygen atoms in total. The highest BCUT2D eigenvalue weighted by Crippen LogP contribution is 2.35. The highest BCUT2D eigenvalue weighted by atomic mass is 16.5. The van der Waals surface area contributed by atoms with Crippen LogP contribution in [0.5, 0.6) is 0 Å². The molecule has 2 aromatic rings. The Labute approximate surface area is 450 Å². The fourth-order valence-electron chi connectivity index (χ4n) is 9.67. The van der Waals surface area contributed by atoms with E-state index in [4.69, 9.17) is 10.5 Å². The first kappa shape index (κ1) is 64.0. The van der Waals surface area contributed by atoms with Crippen LogP contribution in [0.1, 0.15) is 132 Å². The molecule has 6 amide bonds. The van der Waals surface area contributed by atoms with Gasteiger partial charge in [-0.05, 0) is 92.8 Å². The van der Waals surface area contributed by atoms with Crippen molar-refractivity contribution in [2.75, 3.05) is 45.7 Å². The van der Waals surface area contributed by atoms with Gasteiger partial charge in [0.1, 0.15) is 6.61 Å². The summed E-state index contributed by atoms with van der Waals surface area (Å²) in [7, 11) is 3.77. The number of Topliss-reactive ketones (excluding diaryl/α,β-unsaturated/α-hetero) is 3. The number of likely N-dealkylation sites (N-methyl/N-ethyl adjacent to an activating group) is 1. The van der Waals surface area contributed by atoms with Gasteiger partial charge in [-0.25, -0.2) is 4.79 Å². The molecule has 2 aromatic carbocycles. The van der Waals surface area contributed by atoms with E-state index >= 15 is 0 Å². The van der Waals surface area contributed by atoms with Gasteiger partial charge in [-0.3, -0.25) is 43.3 Å². The molecule has 76 heavy (non-hydrogen) atoms. The lowest BCUT2D eigenvalue weighted by molar-refractivity contribution is -0.145. The second-order valence-electron chi connectivity index (χ2n) is 22.9. The number of aliphatic carboxylic acids is 1. The number of nitrogens with zero attached hydrogens (tertiary/aromatic N) is 2. The topological polar surface area (TPSA) is 264 Å². The van der Waals surface area contributed by atoms with Crippen LogP contribution >= 0.6 is 0 Å². The normalized spacial score (nSPS) is 15.6. The number of hydrogen-bond donors (Lipinski definition) is 6. The molecule has 420 valence electrons. The van der Waals surface area contributed by atoms with Gasteiger partial charge >= 0.3 is 12.0 Å². The minimum atomic E-state index is -0.939. The third-order valence-electron chi connectivity index (χ3n) is 14.3. The molecule has 1 heterocycles. The number of carboxylic acid groups (broad SMARTS) is 1. The lowest BCUT2D eigenvalue weighted by Crippen LogP contribution is -2.52. The smallest absolute Gasteiger partial charge is 0.312 e. The van der Waals surface area contributed by atoms with Crippen LogP contribution < -0.4 is 27.0 Å². The summed E-state index contributed by atoms with van der Waals surface area (Å²) in [6.07, 6.45) is 2.54. The standard InChI is InChI=1S/C58H87N7O11/c1-36(2)45(62-54(72)44(57(6,7)8)33-47(67)52(64(11)12)58(9,10)42-18-14-13-15-19-42)31-38(5)48(68)35-76-34-39-20-22-43(23-21-39)61-53(71)41(17-16-28-60-56(59)75)32-46(66)51(37(3)4)63-49(69)24-25-50(70)65-29-26-40(27-30-65)55(73)74/h13-15,18-23,31,36-37,40-41,44-45,51-52H,16-17,24-30,32-35H2,1-12H3,(H,61,71)(H,62,72)(H,63,69)(H,73,74)(H3,59,60,75)/b38-31+/t41-,44-,45-,51+,52-/m1/s1. The highest BCUT2D eigenvalue weighted by molar-refractivity contribution is 5.98. The molecule has 0 aliphatic carbocycles. The molecule has 0 aromatic heterocycles. The number of ether oxygens (including phenoxy) is 1. The molecule has 1 saturated heterocycles. The van der Waals surface area contributed by atoms with Crippen molar-refractivity contribution in [3.8, 4) is 0 Å². The first-order chi connectivity index (χ1) is 35.5. The molecule has 1 aliphatic heterocycles. The van der Waals surface area contributed by atoms with Gasteiger partial charge in [-0.1, -0.05) is 111 Å². The number of urea groups is 1. The number of ketones is 3. The summed E-state index contributed by atoms with van der Waals surface area (Å²) in [4.78, 5) is 121. The van der Waals surface area contributed by atoms with Crippen molar-refractivity contribution < 1.29 is 53.0 Å². The number of carbonyl (C=O) groups is 9. The molecule has 1 aliphatic rings. The van der Waals surface area contributed by atoms with Crippen LogP contribution in [0.15, 0.2) is 66.2 Å². The molecule has 18 heteroatoms. The molecule has 3 rings (SSSR count). The monoisotopic (exact) mass is 1060 g/mol. The van der Waals surface area contributed by atoms with Gasteiger partial charge in [0.15, 0.2) is 17.3 Å². The van der Waals surface area contributed by atoms with Crippen molar-refractivity contribution in [2.45, 2.75) is 151 Å². The van der Waals surface area contributed by atoms with E-state index in [0.29, 0.717) is 43.6 Å². The third kappa shape index (κ3) is 20.4. The fourth-order valence-corrected chi connectivity index (χ4v) is 9.67. The Balaban J connectivity index is 1.61. The summed E-state index contributed by atoms with van der Waals surface area (Å²) < 4.78 is 5.81. The van der Waals surface area contributed by atoms with Gasteiger partial charge in [0.2, 0.25) is 23.6 Å². The molecule has 0 radical (unpaired) electrons. The molecule has 1 fully saturated rings. The lowest BCUT2D eigenvalue weighted by atomic mass is 9.71. The first-order valence-electron chi connectivity index (χ1n) is 26.6. The number of carboxylic acids is 1. The van der Waals surface area contributed by atoms with Crippen LogP contribution in [-0.2, 0) is 55.1 Å². The van der Waals surface area contributed by atoms with E-state index in [0.717, 1.165) is 11.1 Å². The van der Waals surface area contributed by atoms with E-state index < -0.39 is 70.5 Å². The summed E-state index contributed by atoms with van der Waals surface area (Å²) in [5.74, 6) is -5.43. The molecular formula is C58H87N7O11. The second-order valence-corrected chi connectivity index (χ2v) is 22.9. The second kappa shape index (κ2) is 29.9. The number of benzene rings is 2. The maximum atomic E-state index is 14.2. The molecule has 7 N–H and O–H groups in total. The van der Waals surface area contributed by atoms with Gasteiger partial charge in [0.05, 0.1) is 30.7 Å². The lowest BCUT2D eigenvalue weighted by Gasteiger charge is -2.40. The van der Waals surface area contributed by atoms with Crippen LogP contribution in [0.25, 0.3) is 0 Å². The van der Waals surface area contributed by atoms with Crippen molar-refractivity contribution >= 4 is 58.7 Å². The molecule has 5 atom stereocenters. The maximum absolute atomic E-state index is 14.2. The summed E-state index contributed by atoms with van der Waals surface area (Å²) in [6.45, 7) is 19.7. The number of anilines is 1. The summed E-state index contributed by atoms with van der Waals surface area (Å²) in [6, 6.07) is 14.1. The number of rotatable bonds is 30. The van der Waals surface area contributed by atoms with E-state index in [-0.39, 0.29) is 92.9 Å². The van der Waals surface area contributed by atoms with Gasteiger partial charge in [0, 0.05) is 68.3 Å². The third-order valence-corrected chi connectivity index (χ3v) is 14.3. The van der Waals surface area contributed by atoms with E-state index in [1.165, 1.54) is 0 Å². The Bertz CT molecular complexity index is 2330. The molecule has 0 bridgehead atoms. The number of nitrogens with two attached hydrogens (primary N) is 1. The van der Waals surface area contributed by atoms with Crippen molar-refractivity contribution in [3.05, 3.63) is 77.4 Å². The van der Waals surface area contributed by atoms with E-state index in [9.17, 15) is 48.3 Å². The maximum Gasteiger partial charge on any atom is 0.312 e. The number of primary amides is 1. The fraction of sp³-hybridized carbons (Fsp3) is 0.603. The average Bonchev–Trinajstić information content (AvgIpc) is 3.34. The minimum Gasteiger partial charge on any atom is -0.481 e. The van der Waals surface area contributed by atoms with Crippen LogP contribution in [0.2, 0.25) is 0 Å². The SMILES string of the molecule is C/C(=C\[C@@H](NC(=O)[C@@H](CC(=O)[C@@H](N(C)C)C(C)(C)c1ccccc1)C(C)(C)C)C(C)C)C(=O)COCc1ccc(NC(=O)[C@H](CCCNC(N)=O)CC(=O)[C@@H](NC(=O)CCC(=O)N2CCC(C(=O)O)CC2)C(C)C)cc1. The zero-order valence-corrected chi connectivity index (χ0v) is 47.1. The molecule has 0 spiro atoms. The Morgan fingerprint density at radius 3 is 1.97 bits per heavy atom. The first-order valence-corrected chi connectivity index (χ1v) is 26.6. The molecule has 0 unspecified atom stereocenters. The number of piperidine rings is 1. The number of amides is 6. The Morgan fingerprint density at radius 1 is 0.816 bits per heavy atom. The van der Waals surface area contributed by atoms with Gasteiger partial charge in [-0.15, -0.1) is 0 Å². The summed E-state index contributed by atoms with van der Waals surface area (Å²) in [5, 5.41) is 20.5. The zero-order chi connectivity index (χ0) is 57.1. The number of likely N-dealkylation sites (tertiary alicyclic amines) is 1. The van der Waals surface area contributed by atoms with Gasteiger partial charge < -0.3 is 41.7 Å². The molecule has 0 saturated carbocycles. The predicted octanol–water partition coefficient (Wildman–Crippen LogP) is 6.60. The van der Waals surface area contributed by atoms with Crippen molar-refractivity contribution in [3.63, 3.8) is 0 Å². The van der Waals surface area contributed by atoms with Crippen LogP contribution in [0.3, 0.4) is 0 Å². The minimum absolute atomic E-state index is 0.0331.